The van der Waals surface area contributed by atoms with Crippen LogP contribution in [0.2, 0.25) is 0 Å². The number of amides is 1. The molecule has 0 aromatic heterocycles. The van der Waals surface area contributed by atoms with Gasteiger partial charge in [-0.3, -0.25) is 0 Å². The quantitative estimate of drug-likeness (QED) is 0.0316. The summed E-state index contributed by atoms with van der Waals surface area (Å²) in [7, 11) is 7.45. The van der Waals surface area contributed by atoms with Gasteiger partial charge in [-0.15, -0.1) is 18.2 Å². The number of hydrogen-bond donors (Lipinski definition) is 1. The molecule has 5 rings (SSSR count). The lowest BCUT2D eigenvalue weighted by Gasteiger charge is -2.30. The van der Waals surface area contributed by atoms with Crippen LogP contribution < -0.4 is 23.7 Å². The van der Waals surface area contributed by atoms with Gasteiger partial charge in [0.2, 0.25) is 5.75 Å². The second-order valence-corrected chi connectivity index (χ2v) is 13.5. The van der Waals surface area contributed by atoms with E-state index < -0.39 is 22.9 Å². The Hall–Kier alpha value is -4.22. The Morgan fingerprint density at radius 1 is 0.882 bits per heavy atom. The molecule has 1 amide bonds. The third-order valence-corrected chi connectivity index (χ3v) is 10.6. The minimum Gasteiger partial charge on any atom is -0.493 e. The van der Waals surface area contributed by atoms with Crippen molar-refractivity contribution in [3.8, 4) is 41.1 Å². The first-order chi connectivity index (χ1) is 24.7. The molecule has 4 aromatic carbocycles. The van der Waals surface area contributed by atoms with Crippen molar-refractivity contribution in [2.75, 3.05) is 47.9 Å². The zero-order valence-corrected chi connectivity index (χ0v) is 31.5. The second-order valence-electron chi connectivity index (χ2n) is 11.5. The lowest BCUT2D eigenvalue weighted by Crippen LogP contribution is -2.51. The number of hydroxylamine groups is 4. The molecule has 4 unspecified atom stereocenters. The van der Waals surface area contributed by atoms with Crippen LogP contribution in [0, 0.1) is 12.3 Å². The Balaban J connectivity index is 1.52. The number of carbonyl (C=O) groups is 1. The maximum atomic E-state index is 13.8. The van der Waals surface area contributed by atoms with Crippen molar-refractivity contribution >= 4 is 33.6 Å². The molecule has 4 aromatic rings. The van der Waals surface area contributed by atoms with Gasteiger partial charge in [0.05, 0.1) is 58.4 Å². The molecule has 10 nitrogen and oxygen atoms in total. The summed E-state index contributed by atoms with van der Waals surface area (Å²) in [5.41, 5.74) is 2.12. The van der Waals surface area contributed by atoms with Crippen molar-refractivity contribution in [2.45, 2.75) is 36.0 Å². The van der Waals surface area contributed by atoms with E-state index in [0.717, 1.165) is 20.5 Å². The fourth-order valence-electron chi connectivity index (χ4n) is 6.06. The number of methoxy groups -OCH3 is 4. The van der Waals surface area contributed by atoms with Crippen molar-refractivity contribution < 1.29 is 48.1 Å². The molecule has 51 heavy (non-hydrogen) atoms. The van der Waals surface area contributed by atoms with Crippen molar-refractivity contribution in [1.82, 2.24) is 0 Å². The summed E-state index contributed by atoms with van der Waals surface area (Å²) in [5.74, 6) is 4.64. The van der Waals surface area contributed by atoms with Crippen molar-refractivity contribution in [1.29, 1.82) is 0 Å². The molecule has 0 aliphatic carbocycles. The SMILES string of the molecule is C#CC(c1cc(C2CCC(c3cc(OC)c(OC)c(OC)c3)O2)cc(OC)c1OCCSc1ccccc1Br)[N+](O)(OC)C(=O)c1ccccc1. The molecular formula is C39H41BrNO9S+. The van der Waals surface area contributed by atoms with E-state index in [9.17, 15) is 10.0 Å². The van der Waals surface area contributed by atoms with Gasteiger partial charge in [-0.2, -0.15) is 10.0 Å². The minimum absolute atomic E-state index is 0.213. The van der Waals surface area contributed by atoms with E-state index in [1.807, 2.05) is 42.5 Å². The van der Waals surface area contributed by atoms with Crippen molar-refractivity contribution in [2.24, 2.45) is 0 Å². The molecule has 0 bridgehead atoms. The second kappa shape index (κ2) is 17.3. The Morgan fingerprint density at radius 3 is 2.00 bits per heavy atom. The molecule has 1 fully saturated rings. The van der Waals surface area contributed by atoms with E-state index in [0.29, 0.717) is 47.2 Å². The van der Waals surface area contributed by atoms with Crippen molar-refractivity contribution in [3.05, 3.63) is 106 Å². The molecule has 4 atom stereocenters. The van der Waals surface area contributed by atoms with Crippen LogP contribution in [0.1, 0.15) is 58.1 Å². The van der Waals surface area contributed by atoms with E-state index in [-0.39, 0.29) is 24.0 Å². The van der Waals surface area contributed by atoms with Crippen LogP contribution in [0.5, 0.6) is 28.7 Å². The van der Waals surface area contributed by atoms with E-state index in [4.69, 9.17) is 39.7 Å². The highest BCUT2D eigenvalue weighted by Gasteiger charge is 2.49. The first-order valence-electron chi connectivity index (χ1n) is 16.1. The van der Waals surface area contributed by atoms with E-state index in [1.165, 1.54) is 14.2 Å². The van der Waals surface area contributed by atoms with Crippen LogP contribution in [0.4, 0.5) is 0 Å². The standard InChI is InChI=1S/C39H41BrNO9S/c1-7-30(41(43,48-6)39(42)25-13-9-8-10-14-25)28-21-26(22-33(44-2)37(28)49-19-20-51-36-16-12-11-15-29(36)40)31-17-18-32(50-31)27-23-34(45-3)38(47-5)35(24-27)46-4/h1,8-16,21-24,30-32,43H,17-20H2,2-6H3/q+1. The van der Waals surface area contributed by atoms with Gasteiger partial charge in [-0.25, -0.2) is 4.79 Å². The third-order valence-electron chi connectivity index (χ3n) is 8.59. The largest absolute Gasteiger partial charge is 0.493 e. The molecule has 268 valence electrons. The highest BCUT2D eigenvalue weighted by atomic mass is 79.9. The fourth-order valence-corrected chi connectivity index (χ4v) is 7.46. The maximum Gasteiger partial charge on any atom is 0.412 e. The summed E-state index contributed by atoms with van der Waals surface area (Å²) in [6, 6.07) is 22.3. The van der Waals surface area contributed by atoms with Crippen LogP contribution >= 0.6 is 27.7 Å². The van der Waals surface area contributed by atoms with E-state index in [1.54, 1.807) is 69.5 Å². The third kappa shape index (κ3) is 8.15. The molecule has 1 heterocycles. The molecule has 1 N–H and O–H groups in total. The zero-order valence-electron chi connectivity index (χ0n) is 29.1. The van der Waals surface area contributed by atoms with Crippen LogP contribution in [0.15, 0.2) is 88.2 Å². The Kier molecular flexibility index (Phi) is 12.9. The van der Waals surface area contributed by atoms with Gasteiger partial charge in [0.1, 0.15) is 7.11 Å². The van der Waals surface area contributed by atoms with Gasteiger partial charge in [0, 0.05) is 19.9 Å². The highest BCUT2D eigenvalue weighted by molar-refractivity contribution is 9.10. The van der Waals surface area contributed by atoms with Gasteiger partial charge in [-0.1, -0.05) is 30.3 Å². The molecule has 1 aliphatic rings. The number of hydrogen-bond acceptors (Lipinski definition) is 10. The summed E-state index contributed by atoms with van der Waals surface area (Å²) in [5, 5.41) is 11.9. The monoisotopic (exact) mass is 778 g/mol. The number of carbonyl (C=O) groups excluding carboxylic acids is 1. The summed E-state index contributed by atoms with van der Waals surface area (Å²) in [4.78, 5) is 18.9. The Labute approximate surface area is 311 Å². The molecule has 1 aliphatic heterocycles. The molecule has 0 radical (unpaired) electrons. The van der Waals surface area contributed by atoms with E-state index in [2.05, 4.69) is 21.9 Å². The lowest BCUT2D eigenvalue weighted by molar-refractivity contribution is -1.20. The summed E-state index contributed by atoms with van der Waals surface area (Å²) in [6.07, 6.45) is 6.79. The highest BCUT2D eigenvalue weighted by Crippen LogP contribution is 2.49. The van der Waals surface area contributed by atoms with Gasteiger partial charge >= 0.3 is 5.91 Å². The average molecular weight is 780 g/mol. The Bertz CT molecular complexity index is 1840. The van der Waals surface area contributed by atoms with Gasteiger partial charge < -0.3 is 28.4 Å². The number of nitrogens with zero attached hydrogens (tertiary/aromatic N) is 1. The normalized spacial score (nSPS) is 17.1. The summed E-state index contributed by atoms with van der Waals surface area (Å²) >= 11 is 5.20. The van der Waals surface area contributed by atoms with Crippen LogP contribution in [0.3, 0.4) is 0 Å². The molecule has 0 saturated carbocycles. The predicted molar refractivity (Wildman–Crippen MR) is 197 cm³/mol. The molecular weight excluding hydrogens is 738 g/mol. The van der Waals surface area contributed by atoms with Crippen LogP contribution in [-0.4, -0.2) is 63.8 Å². The van der Waals surface area contributed by atoms with Crippen molar-refractivity contribution in [3.63, 3.8) is 0 Å². The molecule has 12 heteroatoms. The predicted octanol–water partition coefficient (Wildman–Crippen LogP) is 8.53. The smallest absolute Gasteiger partial charge is 0.412 e. The number of rotatable bonds is 15. The zero-order chi connectivity index (χ0) is 36.5. The number of ether oxygens (including phenoxy) is 6. The van der Waals surface area contributed by atoms with Crippen LogP contribution in [-0.2, 0) is 9.57 Å². The number of thioether (sulfide) groups is 1. The number of quaternary nitrogens is 1. The average Bonchev–Trinajstić information content (AvgIpc) is 3.67. The van der Waals surface area contributed by atoms with E-state index >= 15 is 0 Å². The fraction of sp³-hybridized carbons (Fsp3) is 0.308. The number of benzene rings is 4. The first-order valence-corrected chi connectivity index (χ1v) is 17.9. The topological polar surface area (TPSA) is 102 Å². The van der Waals surface area contributed by atoms with Gasteiger partial charge in [0.25, 0.3) is 6.04 Å². The molecule has 0 spiro atoms. The van der Waals surface area contributed by atoms with Gasteiger partial charge in [0.15, 0.2) is 23.0 Å². The minimum atomic E-state index is -1.56. The molecule has 1 saturated heterocycles. The maximum absolute atomic E-state index is 13.8. The summed E-state index contributed by atoms with van der Waals surface area (Å²) in [6.45, 7) is 0.264. The number of terminal acetylenes is 1. The lowest BCUT2D eigenvalue weighted by atomic mass is 9.97. The Morgan fingerprint density at radius 2 is 1.45 bits per heavy atom. The first kappa shape index (κ1) is 38.0. The van der Waals surface area contributed by atoms with Gasteiger partial charge in [-0.05, 0) is 94.3 Å². The van der Waals surface area contributed by atoms with Crippen LogP contribution in [0.25, 0.3) is 0 Å². The number of halogens is 1. The summed E-state index contributed by atoms with van der Waals surface area (Å²) < 4.78 is 36.5.